The van der Waals surface area contributed by atoms with Crippen molar-refractivity contribution < 1.29 is 4.74 Å². The molecule has 0 amide bonds. The quantitative estimate of drug-likeness (QED) is 0.363. The first kappa shape index (κ1) is 24.7. The molecule has 1 unspecified atom stereocenters. The van der Waals surface area contributed by atoms with Gasteiger partial charge in [0.05, 0.1) is 24.4 Å². The van der Waals surface area contributed by atoms with Crippen LogP contribution in [0.3, 0.4) is 0 Å². The van der Waals surface area contributed by atoms with Gasteiger partial charge in [0, 0.05) is 19.3 Å². The second kappa shape index (κ2) is 10.0. The SMILES string of the molecule is CCCn1c(=O)c2c(nc(-c3cnn(Cc4cccc(C)c4)c3)n2C(C)OC(C)C)n(CC)c1=O. The largest absolute Gasteiger partial charge is 0.356 e. The van der Waals surface area contributed by atoms with Crippen molar-refractivity contribution in [3.8, 4) is 11.4 Å². The maximum Gasteiger partial charge on any atom is 0.332 e. The summed E-state index contributed by atoms with van der Waals surface area (Å²) in [6, 6.07) is 8.30. The minimum Gasteiger partial charge on any atom is -0.356 e. The summed E-state index contributed by atoms with van der Waals surface area (Å²) in [5.41, 5.74) is 3.15. The third kappa shape index (κ3) is 4.73. The molecule has 9 nitrogen and oxygen atoms in total. The van der Waals surface area contributed by atoms with Crippen LogP contribution in [-0.2, 0) is 24.4 Å². The van der Waals surface area contributed by atoms with Crippen LogP contribution >= 0.6 is 0 Å². The van der Waals surface area contributed by atoms with E-state index in [1.807, 2.05) is 56.1 Å². The molecule has 0 aliphatic heterocycles. The summed E-state index contributed by atoms with van der Waals surface area (Å²) in [6.07, 6.45) is 3.81. The van der Waals surface area contributed by atoms with Crippen LogP contribution in [0.4, 0.5) is 0 Å². The molecule has 0 radical (unpaired) electrons. The maximum absolute atomic E-state index is 13.6. The van der Waals surface area contributed by atoms with Crippen molar-refractivity contribution in [1.82, 2.24) is 28.5 Å². The summed E-state index contributed by atoms with van der Waals surface area (Å²) in [5.74, 6) is 0.552. The predicted octanol–water partition coefficient (Wildman–Crippen LogP) is 3.95. The van der Waals surface area contributed by atoms with Gasteiger partial charge in [0.15, 0.2) is 11.2 Å². The van der Waals surface area contributed by atoms with Crippen molar-refractivity contribution in [2.45, 2.75) is 79.9 Å². The van der Waals surface area contributed by atoms with E-state index in [-0.39, 0.29) is 17.4 Å². The molecule has 4 aromatic rings. The summed E-state index contributed by atoms with van der Waals surface area (Å²) in [7, 11) is 0. The van der Waals surface area contributed by atoms with Crippen molar-refractivity contribution in [2.75, 3.05) is 0 Å². The molecular weight excluding hydrogens is 444 g/mol. The lowest BCUT2D eigenvalue weighted by molar-refractivity contribution is -0.0218. The van der Waals surface area contributed by atoms with Crippen LogP contribution in [0, 0.1) is 6.92 Å². The highest BCUT2D eigenvalue weighted by molar-refractivity contribution is 5.77. The van der Waals surface area contributed by atoms with Gasteiger partial charge in [0.1, 0.15) is 12.1 Å². The van der Waals surface area contributed by atoms with Gasteiger partial charge in [-0.25, -0.2) is 9.78 Å². The Labute approximate surface area is 204 Å². The summed E-state index contributed by atoms with van der Waals surface area (Å²) in [6.45, 7) is 13.1. The fraction of sp³-hybridized carbons (Fsp3) is 0.462. The van der Waals surface area contributed by atoms with Crippen LogP contribution in [0.5, 0.6) is 0 Å². The molecule has 0 spiro atoms. The Bertz CT molecular complexity index is 1460. The lowest BCUT2D eigenvalue weighted by Gasteiger charge is -2.20. The molecule has 3 heterocycles. The fourth-order valence-electron chi connectivity index (χ4n) is 4.54. The molecule has 0 bridgehead atoms. The highest BCUT2D eigenvalue weighted by atomic mass is 16.5. The van der Waals surface area contributed by atoms with E-state index in [0.717, 1.165) is 11.1 Å². The van der Waals surface area contributed by atoms with Crippen LogP contribution < -0.4 is 11.2 Å². The average molecular weight is 479 g/mol. The molecule has 0 aliphatic carbocycles. The lowest BCUT2D eigenvalue weighted by atomic mass is 10.1. The highest BCUT2D eigenvalue weighted by Crippen LogP contribution is 2.28. The number of aryl methyl sites for hydroxylation is 2. The number of rotatable bonds is 9. The van der Waals surface area contributed by atoms with Crippen LogP contribution in [0.15, 0.2) is 46.2 Å². The number of hydrogen-bond acceptors (Lipinski definition) is 5. The van der Waals surface area contributed by atoms with Gasteiger partial charge in [0.2, 0.25) is 0 Å². The molecule has 35 heavy (non-hydrogen) atoms. The Hall–Kier alpha value is -3.46. The number of fused-ring (bicyclic) bond motifs is 1. The van der Waals surface area contributed by atoms with Crippen molar-refractivity contribution in [1.29, 1.82) is 0 Å². The number of hydrogen-bond donors (Lipinski definition) is 0. The van der Waals surface area contributed by atoms with E-state index < -0.39 is 6.23 Å². The molecular formula is C26H34N6O3. The first-order valence-electron chi connectivity index (χ1n) is 12.2. The zero-order valence-electron chi connectivity index (χ0n) is 21.4. The van der Waals surface area contributed by atoms with Gasteiger partial charge in [-0.2, -0.15) is 5.10 Å². The third-order valence-electron chi connectivity index (χ3n) is 5.97. The Morgan fingerprint density at radius 3 is 2.51 bits per heavy atom. The van der Waals surface area contributed by atoms with Crippen LogP contribution in [0.2, 0.25) is 0 Å². The Kier molecular flexibility index (Phi) is 7.07. The van der Waals surface area contributed by atoms with E-state index in [1.54, 1.807) is 10.8 Å². The number of benzene rings is 1. The molecule has 4 rings (SSSR count). The molecule has 186 valence electrons. The Balaban J connectivity index is 1.92. The molecule has 0 fully saturated rings. The van der Waals surface area contributed by atoms with E-state index in [0.29, 0.717) is 43.0 Å². The average Bonchev–Trinajstić information content (AvgIpc) is 3.41. The number of ether oxygens (including phenoxy) is 1. The van der Waals surface area contributed by atoms with Crippen molar-refractivity contribution in [3.63, 3.8) is 0 Å². The van der Waals surface area contributed by atoms with Gasteiger partial charge in [-0.15, -0.1) is 0 Å². The minimum atomic E-state index is -0.472. The van der Waals surface area contributed by atoms with Crippen LogP contribution in [-0.4, -0.2) is 34.6 Å². The van der Waals surface area contributed by atoms with Gasteiger partial charge >= 0.3 is 5.69 Å². The maximum atomic E-state index is 13.6. The summed E-state index contributed by atoms with van der Waals surface area (Å²) in [4.78, 5) is 31.5. The molecule has 1 atom stereocenters. The van der Waals surface area contributed by atoms with Gasteiger partial charge in [-0.1, -0.05) is 36.8 Å². The molecule has 9 heteroatoms. The summed E-state index contributed by atoms with van der Waals surface area (Å²) >= 11 is 0. The first-order valence-corrected chi connectivity index (χ1v) is 12.2. The van der Waals surface area contributed by atoms with Crippen molar-refractivity contribution in [3.05, 3.63) is 68.6 Å². The third-order valence-corrected chi connectivity index (χ3v) is 5.97. The number of nitrogens with zero attached hydrogens (tertiary/aromatic N) is 6. The zero-order chi connectivity index (χ0) is 25.3. The number of imidazole rings is 1. The van der Waals surface area contributed by atoms with Crippen LogP contribution in [0.25, 0.3) is 22.6 Å². The van der Waals surface area contributed by atoms with Gasteiger partial charge in [-0.3, -0.25) is 23.2 Å². The zero-order valence-corrected chi connectivity index (χ0v) is 21.4. The van der Waals surface area contributed by atoms with E-state index in [1.165, 1.54) is 10.1 Å². The second-order valence-corrected chi connectivity index (χ2v) is 9.16. The minimum absolute atomic E-state index is 0.0608. The standard InChI is InChI=1S/C26H34N6O3/c1-7-12-31-25(33)22-24(30(8-2)26(31)34)28-23(32(22)19(6)35-17(3)4)21-14-27-29(16-21)15-20-11-9-10-18(5)13-20/h9-11,13-14,16-17,19H,7-8,12,15H2,1-6H3. The topological polar surface area (TPSA) is 88.9 Å². The highest BCUT2D eigenvalue weighted by Gasteiger charge is 2.26. The Morgan fingerprint density at radius 2 is 1.86 bits per heavy atom. The van der Waals surface area contributed by atoms with E-state index in [9.17, 15) is 9.59 Å². The molecule has 0 N–H and O–H groups in total. The lowest BCUT2D eigenvalue weighted by Crippen LogP contribution is -2.40. The van der Waals surface area contributed by atoms with Crippen molar-refractivity contribution >= 4 is 11.2 Å². The molecule has 1 aromatic carbocycles. The Morgan fingerprint density at radius 1 is 1.09 bits per heavy atom. The summed E-state index contributed by atoms with van der Waals surface area (Å²) in [5, 5.41) is 4.55. The van der Waals surface area contributed by atoms with E-state index in [4.69, 9.17) is 9.72 Å². The normalized spacial score (nSPS) is 12.7. The van der Waals surface area contributed by atoms with E-state index >= 15 is 0 Å². The van der Waals surface area contributed by atoms with Gasteiger partial charge < -0.3 is 4.74 Å². The van der Waals surface area contributed by atoms with E-state index in [2.05, 4.69) is 30.2 Å². The molecule has 0 aliphatic rings. The monoisotopic (exact) mass is 478 g/mol. The number of aromatic nitrogens is 6. The van der Waals surface area contributed by atoms with Crippen LogP contribution in [0.1, 0.15) is 58.4 Å². The fourth-order valence-corrected chi connectivity index (χ4v) is 4.54. The second-order valence-electron chi connectivity index (χ2n) is 9.16. The van der Waals surface area contributed by atoms with Gasteiger partial charge in [0.25, 0.3) is 5.56 Å². The van der Waals surface area contributed by atoms with Crippen molar-refractivity contribution in [2.24, 2.45) is 0 Å². The molecule has 0 saturated heterocycles. The predicted molar refractivity (Wildman–Crippen MR) is 137 cm³/mol. The smallest absolute Gasteiger partial charge is 0.332 e. The van der Waals surface area contributed by atoms with Gasteiger partial charge in [-0.05, 0) is 46.6 Å². The first-order chi connectivity index (χ1) is 16.7. The molecule has 3 aromatic heterocycles. The molecule has 0 saturated carbocycles. The summed E-state index contributed by atoms with van der Waals surface area (Å²) < 4.78 is 12.6.